The molecule has 0 aliphatic rings. The third-order valence-electron chi connectivity index (χ3n) is 5.00. The molecule has 0 atom stereocenters. The quantitative estimate of drug-likeness (QED) is 0.366. The minimum absolute atomic E-state index is 0.0135. The number of hydrogen-bond donors (Lipinski definition) is 1. The molecule has 0 spiro atoms. The number of halogens is 1. The Balaban J connectivity index is 2.09. The van der Waals surface area contributed by atoms with E-state index < -0.39 is 5.82 Å². The number of amides is 1. The van der Waals surface area contributed by atoms with Crippen LogP contribution in [0.25, 0.3) is 0 Å². The fraction of sp³-hybridized carbons (Fsp3) is 0.440. The largest absolute Gasteiger partial charge is 0.507 e. The van der Waals surface area contributed by atoms with E-state index in [1.165, 1.54) is 18.2 Å². The molecule has 2 aromatic rings. The Morgan fingerprint density at radius 2 is 1.67 bits per heavy atom. The molecule has 0 bridgehead atoms. The van der Waals surface area contributed by atoms with Crippen molar-refractivity contribution in [1.82, 2.24) is 4.90 Å². The molecule has 0 saturated heterocycles. The predicted octanol–water partition coefficient (Wildman–Crippen LogP) is 5.58. The average molecular weight is 413 g/mol. The van der Waals surface area contributed by atoms with E-state index >= 15 is 0 Å². The molecule has 0 fully saturated rings. The van der Waals surface area contributed by atoms with Crippen molar-refractivity contribution in [3.8, 4) is 5.75 Å². The molecule has 0 aliphatic heterocycles. The molecule has 162 valence electrons. The highest BCUT2D eigenvalue weighted by atomic mass is 19.1. The van der Waals surface area contributed by atoms with Gasteiger partial charge in [0.15, 0.2) is 0 Å². The summed E-state index contributed by atoms with van der Waals surface area (Å²) < 4.78 is 13.8. The van der Waals surface area contributed by atoms with E-state index in [1.54, 1.807) is 0 Å². The first-order valence-electron chi connectivity index (χ1n) is 10.9. The average Bonchev–Trinajstić information content (AvgIpc) is 2.76. The number of phenols is 1. The minimum atomic E-state index is -0.427. The van der Waals surface area contributed by atoms with Crippen LogP contribution in [0.5, 0.6) is 5.75 Å². The summed E-state index contributed by atoms with van der Waals surface area (Å²) in [7, 11) is 0. The molecule has 0 saturated carbocycles. The van der Waals surface area contributed by atoms with Crippen LogP contribution in [-0.4, -0.2) is 41.3 Å². The molecule has 0 radical (unpaired) electrons. The number of aromatic hydroxyl groups is 1. The van der Waals surface area contributed by atoms with E-state index in [2.05, 4.69) is 18.8 Å². The standard InChI is InChI=1S/C25H33FN2O2/c1-3-5-17-28(18-6-4-2)24(30)13-10-16-27-25(20-11-8-7-9-12-20)22-19-21(26)14-15-23(22)29/h7-9,11-12,14-15,19,29H,3-6,10,13,16-18H2,1-2H3. The maximum atomic E-state index is 13.8. The summed E-state index contributed by atoms with van der Waals surface area (Å²) in [5.74, 6) is -0.272. The molecule has 5 heteroatoms. The molecule has 0 aliphatic carbocycles. The Morgan fingerprint density at radius 3 is 2.30 bits per heavy atom. The van der Waals surface area contributed by atoms with Gasteiger partial charge < -0.3 is 10.0 Å². The van der Waals surface area contributed by atoms with Crippen LogP contribution in [0, 0.1) is 5.82 Å². The number of rotatable bonds is 12. The van der Waals surface area contributed by atoms with Gasteiger partial charge in [-0.05, 0) is 37.5 Å². The Hall–Kier alpha value is -2.69. The predicted molar refractivity (Wildman–Crippen MR) is 121 cm³/mol. The number of carbonyl (C=O) groups excluding carboxylic acids is 1. The van der Waals surface area contributed by atoms with E-state index in [4.69, 9.17) is 0 Å². The number of unbranched alkanes of at least 4 members (excludes halogenated alkanes) is 2. The monoisotopic (exact) mass is 412 g/mol. The maximum Gasteiger partial charge on any atom is 0.222 e. The first-order valence-corrected chi connectivity index (χ1v) is 10.9. The lowest BCUT2D eigenvalue weighted by atomic mass is 10.0. The van der Waals surface area contributed by atoms with Crippen molar-refractivity contribution in [2.24, 2.45) is 4.99 Å². The Morgan fingerprint density at radius 1 is 1.00 bits per heavy atom. The van der Waals surface area contributed by atoms with E-state index in [-0.39, 0.29) is 11.7 Å². The van der Waals surface area contributed by atoms with Crippen molar-refractivity contribution in [1.29, 1.82) is 0 Å². The topological polar surface area (TPSA) is 52.9 Å². The van der Waals surface area contributed by atoms with Crippen LogP contribution in [0.15, 0.2) is 53.5 Å². The van der Waals surface area contributed by atoms with Crippen LogP contribution in [-0.2, 0) is 4.79 Å². The van der Waals surface area contributed by atoms with Crippen molar-refractivity contribution in [3.05, 3.63) is 65.5 Å². The summed E-state index contributed by atoms with van der Waals surface area (Å²) in [5.41, 5.74) is 1.70. The number of phenolic OH excluding ortho intramolecular Hbond substituents is 1. The zero-order valence-electron chi connectivity index (χ0n) is 18.1. The van der Waals surface area contributed by atoms with E-state index in [0.717, 1.165) is 44.3 Å². The summed E-state index contributed by atoms with van der Waals surface area (Å²) in [6.07, 6.45) is 5.22. The zero-order chi connectivity index (χ0) is 21.8. The van der Waals surface area contributed by atoms with Crippen LogP contribution < -0.4 is 0 Å². The van der Waals surface area contributed by atoms with Gasteiger partial charge in [0.1, 0.15) is 11.6 Å². The van der Waals surface area contributed by atoms with E-state index in [1.807, 2.05) is 35.2 Å². The summed E-state index contributed by atoms with van der Waals surface area (Å²) in [4.78, 5) is 19.2. The summed E-state index contributed by atoms with van der Waals surface area (Å²) in [6.45, 7) is 6.31. The highest BCUT2D eigenvalue weighted by Crippen LogP contribution is 2.22. The molecule has 0 aromatic heterocycles. The second-order valence-corrected chi connectivity index (χ2v) is 7.45. The van der Waals surface area contributed by atoms with Crippen LogP contribution >= 0.6 is 0 Å². The third kappa shape index (κ3) is 7.29. The Bertz CT molecular complexity index is 813. The highest BCUT2D eigenvalue weighted by Gasteiger charge is 2.14. The molecule has 4 nitrogen and oxygen atoms in total. The normalized spacial score (nSPS) is 11.5. The van der Waals surface area contributed by atoms with Crippen LogP contribution in [0.4, 0.5) is 4.39 Å². The fourth-order valence-corrected chi connectivity index (χ4v) is 3.26. The van der Waals surface area contributed by atoms with Gasteiger partial charge in [0, 0.05) is 37.2 Å². The smallest absolute Gasteiger partial charge is 0.222 e. The number of nitrogens with zero attached hydrogens (tertiary/aromatic N) is 2. The van der Waals surface area contributed by atoms with Gasteiger partial charge in [-0.3, -0.25) is 9.79 Å². The van der Waals surface area contributed by atoms with Gasteiger partial charge >= 0.3 is 0 Å². The lowest BCUT2D eigenvalue weighted by Gasteiger charge is -2.22. The van der Waals surface area contributed by atoms with Gasteiger partial charge in [0.05, 0.1) is 5.71 Å². The van der Waals surface area contributed by atoms with Crippen LogP contribution in [0.1, 0.15) is 63.5 Å². The van der Waals surface area contributed by atoms with E-state index in [9.17, 15) is 14.3 Å². The number of carbonyl (C=O) groups is 1. The summed E-state index contributed by atoms with van der Waals surface area (Å²) in [6, 6.07) is 13.3. The molecule has 0 unspecified atom stereocenters. The fourth-order valence-electron chi connectivity index (χ4n) is 3.26. The number of hydrogen-bond acceptors (Lipinski definition) is 3. The molecule has 0 heterocycles. The van der Waals surface area contributed by atoms with Gasteiger partial charge in [-0.2, -0.15) is 0 Å². The maximum absolute atomic E-state index is 13.8. The highest BCUT2D eigenvalue weighted by molar-refractivity contribution is 6.14. The Kier molecular flexibility index (Phi) is 10.1. The number of benzene rings is 2. The van der Waals surface area contributed by atoms with Crippen molar-refractivity contribution < 1.29 is 14.3 Å². The molecular weight excluding hydrogens is 379 g/mol. The second-order valence-electron chi connectivity index (χ2n) is 7.45. The zero-order valence-corrected chi connectivity index (χ0v) is 18.1. The molecule has 1 amide bonds. The molecule has 1 N–H and O–H groups in total. The van der Waals surface area contributed by atoms with Gasteiger partial charge in [0.2, 0.25) is 5.91 Å². The first kappa shape index (κ1) is 23.6. The molecule has 2 rings (SSSR count). The van der Waals surface area contributed by atoms with Crippen molar-refractivity contribution in [2.45, 2.75) is 52.4 Å². The van der Waals surface area contributed by atoms with Crippen molar-refractivity contribution in [2.75, 3.05) is 19.6 Å². The SMILES string of the molecule is CCCCN(CCCC)C(=O)CCCN=C(c1ccccc1)c1cc(F)ccc1O. The number of aliphatic imine (C=N–C) groups is 1. The summed E-state index contributed by atoms with van der Waals surface area (Å²) in [5, 5.41) is 10.2. The molecule has 2 aromatic carbocycles. The summed E-state index contributed by atoms with van der Waals surface area (Å²) >= 11 is 0. The van der Waals surface area contributed by atoms with Gasteiger partial charge in [-0.25, -0.2) is 4.39 Å². The second kappa shape index (κ2) is 12.8. The first-order chi connectivity index (χ1) is 14.6. The van der Waals surface area contributed by atoms with Crippen LogP contribution in [0.2, 0.25) is 0 Å². The minimum Gasteiger partial charge on any atom is -0.507 e. The van der Waals surface area contributed by atoms with E-state index in [0.29, 0.717) is 30.7 Å². The van der Waals surface area contributed by atoms with Crippen molar-refractivity contribution >= 4 is 11.6 Å². The third-order valence-corrected chi connectivity index (χ3v) is 5.00. The van der Waals surface area contributed by atoms with Gasteiger partial charge in [-0.15, -0.1) is 0 Å². The molecular formula is C25H33FN2O2. The lowest BCUT2D eigenvalue weighted by molar-refractivity contribution is -0.131. The van der Waals surface area contributed by atoms with Crippen molar-refractivity contribution in [3.63, 3.8) is 0 Å². The van der Waals surface area contributed by atoms with Crippen LogP contribution in [0.3, 0.4) is 0 Å². The lowest BCUT2D eigenvalue weighted by Crippen LogP contribution is -2.32. The molecule has 30 heavy (non-hydrogen) atoms. The Labute approximate surface area is 179 Å². The van der Waals surface area contributed by atoms with Gasteiger partial charge in [0.25, 0.3) is 0 Å². The van der Waals surface area contributed by atoms with Gasteiger partial charge in [-0.1, -0.05) is 57.0 Å².